The fraction of sp³-hybridized carbons (Fsp3) is 0.438. The van der Waals surface area contributed by atoms with Crippen LogP contribution in [0.15, 0.2) is 6.08 Å². The molecule has 0 fully saturated rings. The zero-order valence-electron chi connectivity index (χ0n) is 12.5. The second-order valence-corrected chi connectivity index (χ2v) is 9.83. The lowest BCUT2D eigenvalue weighted by molar-refractivity contribution is 0.157. The molecule has 0 radical (unpaired) electrons. The summed E-state index contributed by atoms with van der Waals surface area (Å²) in [6.07, 6.45) is 4.34. The Kier molecular flexibility index (Phi) is 6.04. The van der Waals surface area contributed by atoms with Gasteiger partial charge in [-0.25, -0.2) is 0 Å². The highest BCUT2D eigenvalue weighted by Crippen LogP contribution is 2.39. The molecule has 1 aromatic rings. The monoisotopic (exact) mass is 484 g/mol. The summed E-state index contributed by atoms with van der Waals surface area (Å²) in [5.41, 5.74) is 6.40. The van der Waals surface area contributed by atoms with Gasteiger partial charge in [0.25, 0.3) is 0 Å². The minimum absolute atomic E-state index is 0.189. The Morgan fingerprint density at radius 1 is 1.05 bits per heavy atom. The van der Waals surface area contributed by atoms with Gasteiger partial charge >= 0.3 is 0 Å². The van der Waals surface area contributed by atoms with Crippen molar-refractivity contribution in [2.24, 2.45) is 0 Å². The van der Waals surface area contributed by atoms with E-state index in [-0.39, 0.29) is 5.60 Å². The van der Waals surface area contributed by atoms with Crippen molar-refractivity contribution >= 4 is 46.0 Å². The smallest absolute Gasteiger partial charge is 0.131 e. The maximum Gasteiger partial charge on any atom is 0.131 e. The average Bonchev–Trinajstić information content (AvgIpc) is 2.34. The zero-order chi connectivity index (χ0) is 14.8. The molecule has 1 nitrogen and oxygen atoms in total. The van der Waals surface area contributed by atoms with E-state index in [0.29, 0.717) is 16.8 Å². The molecule has 0 N–H and O–H groups in total. The third-order valence-corrected chi connectivity index (χ3v) is 3.69. The number of rotatable bonds is 0. The maximum absolute atomic E-state index is 6.08. The molecule has 3 heteroatoms. The predicted octanol–water partition coefficient (Wildman–Crippen LogP) is 5.84. The molecule has 1 aliphatic heterocycles. The molecular formula is C16H22I2O. The second-order valence-electron chi connectivity index (χ2n) is 5.38. The van der Waals surface area contributed by atoms with Crippen molar-refractivity contribution in [3.8, 4) is 5.75 Å². The summed E-state index contributed by atoms with van der Waals surface area (Å²) < 4.78 is 9.66. The van der Waals surface area contributed by atoms with Crippen molar-refractivity contribution in [1.82, 2.24) is 0 Å². The quantitative estimate of drug-likeness (QED) is 0.421. The molecule has 0 amide bonds. The average molecular weight is 484 g/mol. The number of benzene rings is 1. The van der Waals surface area contributed by atoms with Gasteiger partial charge in [0.15, 0.2) is 0 Å². The molecule has 2 rings (SSSR count). The van der Waals surface area contributed by atoms with Crippen LogP contribution in [-0.2, 0) is 0 Å². The third kappa shape index (κ3) is 3.80. The first-order valence-corrected chi connectivity index (χ1v) is 14.0. The van der Waals surface area contributed by atoms with E-state index in [0.717, 1.165) is 5.75 Å². The van der Waals surface area contributed by atoms with Crippen LogP contribution in [0.3, 0.4) is 0 Å². The van der Waals surface area contributed by atoms with Gasteiger partial charge in [-0.3, -0.25) is 0 Å². The summed E-state index contributed by atoms with van der Waals surface area (Å²) in [6, 6.07) is 0. The normalized spacial score (nSPS) is 15.1. The Morgan fingerprint density at radius 2 is 1.53 bits per heavy atom. The predicted molar refractivity (Wildman–Crippen MR) is 104 cm³/mol. The van der Waals surface area contributed by atoms with Gasteiger partial charge in [-0.05, 0) is 88.5 Å². The van der Waals surface area contributed by atoms with Crippen LogP contribution in [0.1, 0.15) is 41.7 Å². The van der Waals surface area contributed by atoms with Crippen molar-refractivity contribution in [2.75, 3.05) is 0 Å². The number of halogens is 2. The van der Waals surface area contributed by atoms with Gasteiger partial charge in [-0.15, -0.1) is 0 Å². The molecule has 0 saturated heterocycles. The first kappa shape index (κ1) is 17.1. The van der Waals surface area contributed by atoms with E-state index in [1.807, 2.05) is 0 Å². The minimum Gasteiger partial charge on any atom is -0.483 e. The first-order chi connectivity index (χ1) is 8.75. The zero-order valence-corrected chi connectivity index (χ0v) is 16.8. The first-order valence-electron chi connectivity index (χ1n) is 6.23. The van der Waals surface area contributed by atoms with Crippen LogP contribution in [0, 0.1) is 27.7 Å². The molecule has 0 bridgehead atoms. The van der Waals surface area contributed by atoms with Crippen LogP contribution >= 0.6 is 35.4 Å². The standard InChI is InChI=1S/C15H20O.CH2I2/c1-9-10(2)12(4)14-13(11(9)3)7-8-15(5,6)16-14;1-3-2/h7-8H,1-6H3;1H2. The van der Waals surface area contributed by atoms with E-state index in [1.165, 1.54) is 27.8 Å². The van der Waals surface area contributed by atoms with E-state index >= 15 is 0 Å². The van der Waals surface area contributed by atoms with Crippen LogP contribution < -0.4 is 4.74 Å². The maximum atomic E-state index is 6.08. The van der Waals surface area contributed by atoms with Crippen molar-refractivity contribution in [3.63, 3.8) is 0 Å². The van der Waals surface area contributed by atoms with Crippen LogP contribution in [0.2, 0.25) is 0 Å². The van der Waals surface area contributed by atoms with Crippen molar-refractivity contribution < 1.29 is 4.74 Å². The van der Waals surface area contributed by atoms with E-state index in [4.69, 9.17) is 4.74 Å². The van der Waals surface area contributed by atoms with Gasteiger partial charge in [0.1, 0.15) is 11.4 Å². The van der Waals surface area contributed by atoms with Gasteiger partial charge < -0.3 is 4.74 Å². The molecule has 1 aromatic carbocycles. The van der Waals surface area contributed by atoms with Crippen LogP contribution in [0.4, 0.5) is 0 Å². The number of ether oxygens (including phenoxy) is 1. The van der Waals surface area contributed by atoms with Gasteiger partial charge in [-0.2, -0.15) is 0 Å². The summed E-state index contributed by atoms with van der Waals surface area (Å²) >= 11 is 2.60. The fourth-order valence-electron chi connectivity index (χ4n) is 2.22. The highest BCUT2D eigenvalue weighted by atomic mass is 128. The molecular weight excluding hydrogens is 462 g/mol. The Labute approximate surface area is 136 Å². The van der Waals surface area contributed by atoms with Crippen molar-refractivity contribution in [3.05, 3.63) is 33.9 Å². The van der Waals surface area contributed by atoms with Gasteiger partial charge in [0.2, 0.25) is 0 Å². The van der Waals surface area contributed by atoms with E-state index in [1.54, 1.807) is 0 Å². The third-order valence-electron chi connectivity index (χ3n) is 3.69. The molecule has 0 aliphatic carbocycles. The summed E-state index contributed by atoms with van der Waals surface area (Å²) in [4.78, 5) is 0. The largest absolute Gasteiger partial charge is 0.483 e. The van der Waals surface area contributed by atoms with Gasteiger partial charge in [0, 0.05) is 5.56 Å². The van der Waals surface area contributed by atoms with Gasteiger partial charge in [-0.1, -0.05) is 27.3 Å². The summed E-state index contributed by atoms with van der Waals surface area (Å²) in [5.74, 6) is 1.06. The summed E-state index contributed by atoms with van der Waals surface area (Å²) in [7, 11) is 0. The number of hydrogen-bond acceptors (Lipinski definition) is 1. The Balaban J connectivity index is 0.000000550. The molecule has 0 saturated carbocycles. The molecule has 0 unspecified atom stereocenters. The summed E-state index contributed by atoms with van der Waals surface area (Å²) in [5, 5.41) is 0. The SMILES string of the molecule is C=II.Cc1c(C)c(C)c2c(c1C)C=CC(C)(C)O2. The molecule has 19 heavy (non-hydrogen) atoms. The number of hydrogen-bond donors (Lipinski definition) is 0. The highest BCUT2D eigenvalue weighted by molar-refractivity contribution is 15.0. The van der Waals surface area contributed by atoms with Gasteiger partial charge in [0.05, 0.1) is 0 Å². The Morgan fingerprint density at radius 3 is 2.05 bits per heavy atom. The second kappa shape index (κ2) is 6.70. The lowest BCUT2D eigenvalue weighted by atomic mass is 9.90. The molecule has 0 atom stereocenters. The van der Waals surface area contributed by atoms with Crippen LogP contribution in [0.25, 0.3) is 6.08 Å². The Bertz CT molecular complexity index is 528. The lowest BCUT2D eigenvalue weighted by Gasteiger charge is -2.31. The van der Waals surface area contributed by atoms with E-state index in [9.17, 15) is 0 Å². The summed E-state index contributed by atoms with van der Waals surface area (Å²) in [6.45, 7) is 12.9. The Hall–Kier alpha value is 0.0900. The van der Waals surface area contributed by atoms with Crippen LogP contribution in [-0.4, -0.2) is 10.1 Å². The van der Waals surface area contributed by atoms with E-state index in [2.05, 4.69) is 76.8 Å². The fourth-order valence-corrected chi connectivity index (χ4v) is 2.22. The topological polar surface area (TPSA) is 9.23 Å². The molecule has 0 aromatic heterocycles. The minimum atomic E-state index is -0.189. The lowest BCUT2D eigenvalue weighted by Crippen LogP contribution is -2.28. The van der Waals surface area contributed by atoms with Crippen LogP contribution in [0.5, 0.6) is 5.75 Å². The molecule has 106 valence electrons. The molecule has 1 aliphatic rings. The molecule has 1 heterocycles. The number of fused-ring (bicyclic) bond motifs is 1. The highest BCUT2D eigenvalue weighted by Gasteiger charge is 2.25. The van der Waals surface area contributed by atoms with Crippen molar-refractivity contribution in [2.45, 2.75) is 47.1 Å². The molecule has 0 spiro atoms. The van der Waals surface area contributed by atoms with Crippen molar-refractivity contribution in [1.29, 1.82) is 0 Å². The van der Waals surface area contributed by atoms with E-state index < -0.39 is 0 Å².